The van der Waals surface area contributed by atoms with Gasteiger partial charge in [-0.3, -0.25) is 9.59 Å². The fourth-order valence-electron chi connectivity index (χ4n) is 2.78. The molecule has 1 aliphatic heterocycles. The van der Waals surface area contributed by atoms with E-state index in [4.69, 9.17) is 0 Å². The molecule has 0 unspecified atom stereocenters. The molecule has 2 amide bonds. The molecule has 0 aliphatic carbocycles. The fourth-order valence-corrected chi connectivity index (χ4v) is 3.81. The third-order valence-electron chi connectivity index (χ3n) is 4.28. The van der Waals surface area contributed by atoms with Crippen LogP contribution in [-0.2, 0) is 21.1 Å². The zero-order valence-electron chi connectivity index (χ0n) is 14.8. The number of thioether (sulfide) groups is 1. The predicted octanol–water partition coefficient (Wildman–Crippen LogP) is 1.75. The number of nitrogens with zero attached hydrogens (tertiary/aromatic N) is 2. The molecule has 0 bridgehead atoms. The number of aryl methyl sites for hydroxylation is 1. The van der Waals surface area contributed by atoms with E-state index in [2.05, 4.69) is 15.7 Å². The van der Waals surface area contributed by atoms with Crippen LogP contribution in [0.2, 0.25) is 0 Å². The molecule has 1 atom stereocenters. The number of rotatable bonds is 5. The van der Waals surface area contributed by atoms with E-state index in [1.165, 1.54) is 0 Å². The van der Waals surface area contributed by atoms with Gasteiger partial charge in [-0.05, 0) is 31.0 Å². The summed E-state index contributed by atoms with van der Waals surface area (Å²) in [7, 11) is 0. The van der Waals surface area contributed by atoms with Crippen LogP contribution in [0, 0.1) is 6.92 Å². The topological polar surface area (TPSA) is 96.2 Å². The van der Waals surface area contributed by atoms with Crippen LogP contribution in [0.1, 0.15) is 30.2 Å². The van der Waals surface area contributed by atoms with Crippen LogP contribution >= 0.6 is 11.8 Å². The predicted molar refractivity (Wildman–Crippen MR) is 101 cm³/mol. The van der Waals surface area contributed by atoms with E-state index >= 15 is 0 Å². The number of carbonyl (C=O) groups excluding carboxylic acids is 2. The molecule has 1 aromatic carbocycles. The number of aromatic nitrogens is 2. The monoisotopic (exact) mass is 374 g/mol. The van der Waals surface area contributed by atoms with Crippen LogP contribution in [0.4, 0.5) is 5.82 Å². The van der Waals surface area contributed by atoms with E-state index in [0.29, 0.717) is 12.2 Å². The third kappa shape index (κ3) is 3.76. The first kappa shape index (κ1) is 18.5. The first-order valence-corrected chi connectivity index (χ1v) is 9.67. The summed E-state index contributed by atoms with van der Waals surface area (Å²) >= 11 is 1.72. The SMILES string of the molecule is CC[C@H](CO)NC(=O)C(=O)Nc1c2c(nn1-c1cccc(C)c1)CSC2. The van der Waals surface area contributed by atoms with Gasteiger partial charge in [0.1, 0.15) is 5.82 Å². The molecule has 26 heavy (non-hydrogen) atoms. The van der Waals surface area contributed by atoms with Crippen molar-refractivity contribution in [3.63, 3.8) is 0 Å². The minimum absolute atomic E-state index is 0.206. The van der Waals surface area contributed by atoms with Gasteiger partial charge in [0.2, 0.25) is 0 Å². The minimum Gasteiger partial charge on any atom is -0.394 e. The molecule has 2 aromatic rings. The number of fused-ring (bicyclic) bond motifs is 1. The summed E-state index contributed by atoms with van der Waals surface area (Å²) in [6, 6.07) is 7.37. The maximum absolute atomic E-state index is 12.4. The van der Waals surface area contributed by atoms with Gasteiger partial charge in [0, 0.05) is 17.1 Å². The Morgan fingerprint density at radius 3 is 2.85 bits per heavy atom. The van der Waals surface area contributed by atoms with Crippen LogP contribution in [0.25, 0.3) is 5.69 Å². The van der Waals surface area contributed by atoms with Gasteiger partial charge < -0.3 is 15.7 Å². The highest BCUT2D eigenvalue weighted by Crippen LogP contribution is 2.36. The summed E-state index contributed by atoms with van der Waals surface area (Å²) in [5.41, 5.74) is 3.79. The van der Waals surface area contributed by atoms with Crippen molar-refractivity contribution in [1.82, 2.24) is 15.1 Å². The third-order valence-corrected chi connectivity index (χ3v) is 5.26. The highest BCUT2D eigenvalue weighted by molar-refractivity contribution is 7.98. The number of aliphatic hydroxyl groups excluding tert-OH is 1. The van der Waals surface area contributed by atoms with Gasteiger partial charge in [-0.15, -0.1) is 0 Å². The highest BCUT2D eigenvalue weighted by atomic mass is 32.2. The van der Waals surface area contributed by atoms with Crippen molar-refractivity contribution in [2.45, 2.75) is 37.8 Å². The lowest BCUT2D eigenvalue weighted by atomic mass is 10.2. The van der Waals surface area contributed by atoms with E-state index in [1.54, 1.807) is 16.4 Å². The second-order valence-electron chi connectivity index (χ2n) is 6.23. The molecule has 2 heterocycles. The number of carbonyl (C=O) groups is 2. The van der Waals surface area contributed by atoms with Gasteiger partial charge in [-0.2, -0.15) is 16.9 Å². The summed E-state index contributed by atoms with van der Waals surface area (Å²) in [5, 5.41) is 19.1. The van der Waals surface area contributed by atoms with Gasteiger partial charge in [-0.1, -0.05) is 19.1 Å². The van der Waals surface area contributed by atoms with Crippen molar-refractivity contribution in [1.29, 1.82) is 0 Å². The lowest BCUT2D eigenvalue weighted by Crippen LogP contribution is -2.43. The molecule has 7 nitrogen and oxygen atoms in total. The molecule has 0 radical (unpaired) electrons. The van der Waals surface area contributed by atoms with Crippen molar-refractivity contribution in [2.24, 2.45) is 0 Å². The second kappa shape index (κ2) is 7.92. The fraction of sp³-hybridized carbons (Fsp3) is 0.389. The van der Waals surface area contributed by atoms with Gasteiger partial charge in [0.05, 0.1) is 24.0 Å². The zero-order chi connectivity index (χ0) is 18.7. The maximum Gasteiger partial charge on any atom is 0.314 e. The number of anilines is 1. The molecule has 0 saturated heterocycles. The lowest BCUT2D eigenvalue weighted by molar-refractivity contribution is -0.136. The van der Waals surface area contributed by atoms with Crippen molar-refractivity contribution < 1.29 is 14.7 Å². The van der Waals surface area contributed by atoms with Crippen LogP contribution < -0.4 is 10.6 Å². The van der Waals surface area contributed by atoms with Crippen molar-refractivity contribution in [3.8, 4) is 5.69 Å². The number of amides is 2. The van der Waals surface area contributed by atoms with Crippen LogP contribution in [0.5, 0.6) is 0 Å². The molecule has 0 spiro atoms. The van der Waals surface area contributed by atoms with Gasteiger partial charge in [-0.25, -0.2) is 4.68 Å². The number of aliphatic hydroxyl groups is 1. The van der Waals surface area contributed by atoms with Crippen molar-refractivity contribution in [2.75, 3.05) is 11.9 Å². The molecule has 1 aromatic heterocycles. The first-order chi connectivity index (χ1) is 12.5. The second-order valence-corrected chi connectivity index (χ2v) is 7.22. The Labute approximate surface area is 156 Å². The lowest BCUT2D eigenvalue weighted by Gasteiger charge is -2.15. The summed E-state index contributed by atoms with van der Waals surface area (Å²) in [6.07, 6.45) is 0.544. The minimum atomic E-state index is -0.762. The molecular formula is C18H22N4O3S. The number of hydrogen-bond acceptors (Lipinski definition) is 5. The Balaban J connectivity index is 1.87. The Morgan fingerprint density at radius 2 is 2.15 bits per heavy atom. The number of hydrogen-bond donors (Lipinski definition) is 3. The highest BCUT2D eigenvalue weighted by Gasteiger charge is 2.27. The first-order valence-electron chi connectivity index (χ1n) is 8.51. The van der Waals surface area contributed by atoms with Crippen LogP contribution in [-0.4, -0.2) is 39.4 Å². The molecule has 3 rings (SSSR count). The molecule has 3 N–H and O–H groups in total. The van der Waals surface area contributed by atoms with E-state index in [-0.39, 0.29) is 6.61 Å². The normalized spacial score (nSPS) is 14.0. The van der Waals surface area contributed by atoms with Crippen molar-refractivity contribution in [3.05, 3.63) is 41.1 Å². The maximum atomic E-state index is 12.4. The Kier molecular flexibility index (Phi) is 5.63. The summed E-state index contributed by atoms with van der Waals surface area (Å²) in [5.74, 6) is 0.540. The van der Waals surface area contributed by atoms with Gasteiger partial charge >= 0.3 is 11.8 Å². The van der Waals surface area contributed by atoms with Crippen LogP contribution in [0.15, 0.2) is 24.3 Å². The Bertz CT molecular complexity index is 830. The summed E-state index contributed by atoms with van der Waals surface area (Å²) in [4.78, 5) is 24.5. The van der Waals surface area contributed by atoms with E-state index in [0.717, 1.165) is 34.0 Å². The van der Waals surface area contributed by atoms with Gasteiger partial charge in [0.15, 0.2) is 0 Å². The quantitative estimate of drug-likeness (QED) is 0.693. The van der Waals surface area contributed by atoms with E-state index in [1.807, 2.05) is 38.1 Å². The number of benzene rings is 1. The molecular weight excluding hydrogens is 352 g/mol. The molecule has 138 valence electrons. The van der Waals surface area contributed by atoms with Gasteiger partial charge in [0.25, 0.3) is 0 Å². The molecule has 8 heteroatoms. The standard InChI is InChI=1S/C18H22N4O3S/c1-3-12(8-23)19-17(24)18(25)20-16-14-9-26-10-15(14)21-22(16)13-6-4-5-11(2)7-13/h4-7,12,23H,3,8-10H2,1-2H3,(H,19,24)(H,20,25)/t12-/m1/s1. The zero-order valence-corrected chi connectivity index (χ0v) is 15.6. The summed E-state index contributed by atoms with van der Waals surface area (Å²) < 4.78 is 1.69. The number of nitrogens with one attached hydrogen (secondary N) is 2. The van der Waals surface area contributed by atoms with E-state index < -0.39 is 17.9 Å². The Hall–Kier alpha value is -2.32. The average molecular weight is 374 g/mol. The van der Waals surface area contributed by atoms with E-state index in [9.17, 15) is 14.7 Å². The largest absolute Gasteiger partial charge is 0.394 e. The Morgan fingerprint density at radius 1 is 1.35 bits per heavy atom. The molecule has 0 saturated carbocycles. The van der Waals surface area contributed by atoms with Crippen LogP contribution in [0.3, 0.4) is 0 Å². The smallest absolute Gasteiger partial charge is 0.314 e. The molecule has 0 fully saturated rings. The summed E-state index contributed by atoms with van der Waals surface area (Å²) in [6.45, 7) is 3.61. The average Bonchev–Trinajstić information content (AvgIpc) is 3.22. The van der Waals surface area contributed by atoms with Crippen molar-refractivity contribution >= 4 is 29.4 Å². The molecule has 1 aliphatic rings.